The standard InChI is InChI=1S/C23H24N2O4/c1-14-6-7-16(10-15(14)2)19-13-18(24-25-19)8-9-20(26)17-11-21(27-3)23(29-5)22(12-17)28-4/h6-13H,1-5H3,(H,24,25). The van der Waals surface area contributed by atoms with E-state index >= 15 is 0 Å². The molecule has 1 N–H and O–H groups in total. The summed E-state index contributed by atoms with van der Waals surface area (Å²) in [5, 5.41) is 7.29. The first-order chi connectivity index (χ1) is 14.0. The van der Waals surface area contributed by atoms with Crippen LogP contribution < -0.4 is 14.2 Å². The average molecular weight is 392 g/mol. The molecule has 3 aromatic rings. The molecule has 0 aliphatic heterocycles. The predicted octanol–water partition coefficient (Wildman–Crippen LogP) is 4.62. The van der Waals surface area contributed by atoms with Gasteiger partial charge >= 0.3 is 0 Å². The number of aromatic nitrogens is 2. The van der Waals surface area contributed by atoms with Crippen molar-refractivity contribution in [3.05, 3.63) is 64.9 Å². The third-order valence-corrected chi connectivity index (χ3v) is 4.76. The Kier molecular flexibility index (Phi) is 6.02. The lowest BCUT2D eigenvalue weighted by molar-refractivity contribution is 0.104. The van der Waals surface area contributed by atoms with Crippen LogP contribution in [0.3, 0.4) is 0 Å². The summed E-state index contributed by atoms with van der Waals surface area (Å²) in [6.07, 6.45) is 3.18. The first-order valence-electron chi connectivity index (χ1n) is 9.12. The molecule has 29 heavy (non-hydrogen) atoms. The lowest BCUT2D eigenvalue weighted by atomic mass is 10.0. The number of methoxy groups -OCH3 is 3. The highest BCUT2D eigenvalue weighted by Gasteiger charge is 2.15. The number of rotatable bonds is 7. The molecule has 0 atom stereocenters. The number of ketones is 1. The maximum absolute atomic E-state index is 12.6. The maximum Gasteiger partial charge on any atom is 0.203 e. The fraction of sp³-hybridized carbons (Fsp3) is 0.217. The van der Waals surface area contributed by atoms with Gasteiger partial charge in [0, 0.05) is 11.1 Å². The number of carbonyl (C=O) groups is 1. The molecule has 0 aliphatic rings. The summed E-state index contributed by atoms with van der Waals surface area (Å²) in [6, 6.07) is 11.4. The number of hydrogen-bond donors (Lipinski definition) is 1. The zero-order valence-electron chi connectivity index (χ0n) is 17.2. The summed E-state index contributed by atoms with van der Waals surface area (Å²) in [6.45, 7) is 4.15. The number of allylic oxidation sites excluding steroid dienone is 1. The van der Waals surface area contributed by atoms with E-state index in [1.807, 2.05) is 12.1 Å². The van der Waals surface area contributed by atoms with Gasteiger partial charge in [0.05, 0.1) is 32.7 Å². The van der Waals surface area contributed by atoms with Crippen LogP contribution in [-0.2, 0) is 0 Å². The Morgan fingerprint density at radius 1 is 0.931 bits per heavy atom. The molecule has 150 valence electrons. The summed E-state index contributed by atoms with van der Waals surface area (Å²) in [7, 11) is 4.55. The summed E-state index contributed by atoms with van der Waals surface area (Å²) in [5.74, 6) is 1.12. The minimum atomic E-state index is -0.188. The fourth-order valence-corrected chi connectivity index (χ4v) is 2.96. The van der Waals surface area contributed by atoms with Gasteiger partial charge in [-0.3, -0.25) is 9.89 Å². The molecule has 3 rings (SSSR count). The second-order valence-electron chi connectivity index (χ2n) is 6.62. The fourth-order valence-electron chi connectivity index (χ4n) is 2.96. The van der Waals surface area contributed by atoms with Crippen LogP contribution in [0, 0.1) is 13.8 Å². The zero-order chi connectivity index (χ0) is 21.0. The minimum Gasteiger partial charge on any atom is -0.493 e. The topological polar surface area (TPSA) is 73.4 Å². The Morgan fingerprint density at radius 3 is 2.21 bits per heavy atom. The van der Waals surface area contributed by atoms with Crippen LogP contribution in [0.15, 0.2) is 42.5 Å². The average Bonchev–Trinajstić information content (AvgIpc) is 3.21. The number of ether oxygens (including phenoxy) is 3. The van der Waals surface area contributed by atoms with Crippen LogP contribution in [0.5, 0.6) is 17.2 Å². The van der Waals surface area contributed by atoms with Gasteiger partial charge in [0.15, 0.2) is 17.3 Å². The molecule has 1 heterocycles. The third kappa shape index (κ3) is 4.32. The highest BCUT2D eigenvalue weighted by molar-refractivity contribution is 6.07. The van der Waals surface area contributed by atoms with E-state index < -0.39 is 0 Å². The van der Waals surface area contributed by atoms with E-state index in [9.17, 15) is 4.79 Å². The highest BCUT2D eigenvalue weighted by atomic mass is 16.5. The summed E-state index contributed by atoms with van der Waals surface area (Å²) >= 11 is 0. The number of H-pyrrole nitrogens is 1. The van der Waals surface area contributed by atoms with Gasteiger partial charge in [-0.1, -0.05) is 12.1 Å². The molecule has 0 aliphatic carbocycles. The maximum atomic E-state index is 12.6. The van der Waals surface area contributed by atoms with Gasteiger partial charge in [0.2, 0.25) is 5.75 Å². The molecule has 0 unspecified atom stereocenters. The van der Waals surface area contributed by atoms with Crippen molar-refractivity contribution in [2.24, 2.45) is 0 Å². The van der Waals surface area contributed by atoms with E-state index in [1.165, 1.54) is 38.5 Å². The van der Waals surface area contributed by atoms with Crippen molar-refractivity contribution in [2.75, 3.05) is 21.3 Å². The van der Waals surface area contributed by atoms with E-state index in [0.717, 1.165) is 17.0 Å². The monoisotopic (exact) mass is 392 g/mol. The second-order valence-corrected chi connectivity index (χ2v) is 6.62. The molecular formula is C23H24N2O4. The van der Waals surface area contributed by atoms with Crippen LogP contribution in [0.4, 0.5) is 0 Å². The van der Waals surface area contributed by atoms with Crippen LogP contribution in [0.25, 0.3) is 17.3 Å². The molecule has 0 spiro atoms. The molecule has 0 radical (unpaired) electrons. The lowest BCUT2D eigenvalue weighted by Crippen LogP contribution is -2.00. The van der Waals surface area contributed by atoms with Gasteiger partial charge in [0.25, 0.3) is 0 Å². The van der Waals surface area contributed by atoms with Gasteiger partial charge in [0.1, 0.15) is 0 Å². The zero-order valence-corrected chi connectivity index (χ0v) is 17.2. The van der Waals surface area contributed by atoms with Gasteiger partial charge < -0.3 is 14.2 Å². The van der Waals surface area contributed by atoms with Gasteiger partial charge in [-0.25, -0.2) is 0 Å². The number of aryl methyl sites for hydroxylation is 2. The summed E-state index contributed by atoms with van der Waals surface area (Å²) in [5.41, 5.74) is 5.47. The molecule has 1 aromatic heterocycles. The Balaban J connectivity index is 1.82. The number of nitrogens with one attached hydrogen (secondary N) is 1. The van der Waals surface area contributed by atoms with Gasteiger partial charge in [-0.05, 0) is 61.4 Å². The van der Waals surface area contributed by atoms with Crippen LogP contribution in [0.1, 0.15) is 27.2 Å². The summed E-state index contributed by atoms with van der Waals surface area (Å²) in [4.78, 5) is 12.6. The third-order valence-electron chi connectivity index (χ3n) is 4.76. The Morgan fingerprint density at radius 2 is 1.62 bits per heavy atom. The molecule has 2 aromatic carbocycles. The molecule has 6 nitrogen and oxygen atoms in total. The van der Waals surface area contributed by atoms with E-state index in [0.29, 0.717) is 22.8 Å². The number of benzene rings is 2. The number of nitrogens with zero attached hydrogens (tertiary/aromatic N) is 1. The summed E-state index contributed by atoms with van der Waals surface area (Å²) < 4.78 is 15.9. The first kappa shape index (κ1) is 20.2. The van der Waals surface area contributed by atoms with E-state index in [-0.39, 0.29) is 5.78 Å². The number of carbonyl (C=O) groups excluding carboxylic acids is 1. The molecule has 6 heteroatoms. The van der Waals surface area contributed by atoms with Gasteiger partial charge in [-0.15, -0.1) is 0 Å². The number of aromatic amines is 1. The van der Waals surface area contributed by atoms with Crippen molar-refractivity contribution in [2.45, 2.75) is 13.8 Å². The van der Waals surface area contributed by atoms with Crippen LogP contribution in [0.2, 0.25) is 0 Å². The molecule has 0 bridgehead atoms. The normalized spacial score (nSPS) is 10.9. The quantitative estimate of drug-likeness (QED) is 0.469. The molecular weight excluding hydrogens is 368 g/mol. The molecule has 0 amide bonds. The Labute approximate surface area is 170 Å². The number of hydrogen-bond acceptors (Lipinski definition) is 5. The predicted molar refractivity (Wildman–Crippen MR) is 113 cm³/mol. The van der Waals surface area contributed by atoms with Crippen LogP contribution >= 0.6 is 0 Å². The first-order valence-corrected chi connectivity index (χ1v) is 9.12. The molecule has 0 fully saturated rings. The van der Waals surface area contributed by atoms with Crippen molar-refractivity contribution < 1.29 is 19.0 Å². The smallest absolute Gasteiger partial charge is 0.203 e. The van der Waals surface area contributed by atoms with Crippen LogP contribution in [-0.4, -0.2) is 37.3 Å². The van der Waals surface area contributed by atoms with Gasteiger partial charge in [-0.2, -0.15) is 5.10 Å². The van der Waals surface area contributed by atoms with E-state index in [1.54, 1.807) is 18.2 Å². The largest absolute Gasteiger partial charge is 0.493 e. The Bertz CT molecular complexity index is 1040. The lowest BCUT2D eigenvalue weighted by Gasteiger charge is -2.13. The minimum absolute atomic E-state index is 0.188. The van der Waals surface area contributed by atoms with Crippen molar-refractivity contribution in [1.29, 1.82) is 0 Å². The van der Waals surface area contributed by atoms with Crippen molar-refractivity contribution in [1.82, 2.24) is 10.2 Å². The highest BCUT2D eigenvalue weighted by Crippen LogP contribution is 2.38. The van der Waals surface area contributed by atoms with Crippen molar-refractivity contribution in [3.63, 3.8) is 0 Å². The van der Waals surface area contributed by atoms with Crippen molar-refractivity contribution in [3.8, 4) is 28.5 Å². The second kappa shape index (κ2) is 8.65. The van der Waals surface area contributed by atoms with Crippen molar-refractivity contribution >= 4 is 11.9 Å². The molecule has 0 saturated carbocycles. The SMILES string of the molecule is COc1cc(C(=O)C=Cc2cc(-c3ccc(C)c(C)c3)n[nH]2)cc(OC)c1OC. The van der Waals surface area contributed by atoms with E-state index in [2.05, 4.69) is 36.2 Å². The Hall–Kier alpha value is -3.54. The van der Waals surface area contributed by atoms with E-state index in [4.69, 9.17) is 14.2 Å². The molecule has 0 saturated heterocycles.